The number of rotatable bonds is 6. The van der Waals surface area contributed by atoms with E-state index in [0.29, 0.717) is 36.5 Å². The topological polar surface area (TPSA) is 68.2 Å². The average Bonchev–Trinajstić information content (AvgIpc) is 3.48. The highest BCUT2D eigenvalue weighted by molar-refractivity contribution is 6.06. The van der Waals surface area contributed by atoms with E-state index in [9.17, 15) is 9.59 Å². The molecule has 1 aromatic carbocycles. The lowest BCUT2D eigenvalue weighted by atomic mass is 9.63. The molecule has 1 aliphatic heterocycles. The van der Waals surface area contributed by atoms with Gasteiger partial charge in [0, 0.05) is 0 Å². The van der Waals surface area contributed by atoms with Crippen molar-refractivity contribution in [3.63, 3.8) is 0 Å². The number of hydrogen-bond acceptors (Lipinski definition) is 5. The molecule has 6 nitrogen and oxygen atoms in total. The van der Waals surface area contributed by atoms with Gasteiger partial charge in [0.1, 0.15) is 0 Å². The van der Waals surface area contributed by atoms with E-state index in [-0.39, 0.29) is 35.5 Å². The fourth-order valence-electron chi connectivity index (χ4n) is 5.33. The fraction of sp³-hybridized carbons (Fsp3) is 0.500. The number of allylic oxidation sites excluding steroid dienone is 2. The van der Waals surface area contributed by atoms with Crippen LogP contribution >= 0.6 is 0 Å². The third-order valence-corrected chi connectivity index (χ3v) is 6.53. The minimum atomic E-state index is -0.220. The molecule has 0 aromatic heterocycles. The van der Waals surface area contributed by atoms with Crippen molar-refractivity contribution in [3.8, 4) is 11.5 Å². The van der Waals surface area contributed by atoms with Gasteiger partial charge in [-0.25, -0.2) is 0 Å². The minimum absolute atomic E-state index is 0.146. The number of benzene rings is 1. The third-order valence-electron chi connectivity index (χ3n) is 6.53. The van der Waals surface area contributed by atoms with Crippen LogP contribution in [0.4, 0.5) is 0 Å². The number of nitrogens with zero attached hydrogens (tertiary/aromatic N) is 2. The van der Waals surface area contributed by atoms with Gasteiger partial charge >= 0.3 is 0 Å². The lowest BCUT2D eigenvalue weighted by Gasteiger charge is -2.37. The van der Waals surface area contributed by atoms with Crippen LogP contribution in [-0.4, -0.2) is 36.3 Å². The predicted molar refractivity (Wildman–Crippen MR) is 103 cm³/mol. The second-order valence-corrected chi connectivity index (χ2v) is 7.96. The van der Waals surface area contributed by atoms with Crippen LogP contribution in [0.1, 0.15) is 25.8 Å². The van der Waals surface area contributed by atoms with E-state index >= 15 is 0 Å². The van der Waals surface area contributed by atoms with E-state index in [0.717, 1.165) is 17.0 Å². The van der Waals surface area contributed by atoms with Gasteiger partial charge in [0.05, 0.1) is 31.3 Å². The van der Waals surface area contributed by atoms with Crippen molar-refractivity contribution in [2.24, 2.45) is 40.6 Å². The van der Waals surface area contributed by atoms with E-state index in [1.165, 1.54) is 0 Å². The van der Waals surface area contributed by atoms with Crippen LogP contribution in [0.5, 0.6) is 11.5 Å². The summed E-state index contributed by atoms with van der Waals surface area (Å²) in [7, 11) is 0. The highest BCUT2D eigenvalue weighted by Gasteiger charge is 2.67. The van der Waals surface area contributed by atoms with Crippen LogP contribution in [0.3, 0.4) is 0 Å². The Bertz CT molecular complexity index is 857. The maximum absolute atomic E-state index is 12.9. The van der Waals surface area contributed by atoms with Gasteiger partial charge in [-0.1, -0.05) is 12.2 Å². The molecule has 28 heavy (non-hydrogen) atoms. The quantitative estimate of drug-likeness (QED) is 0.432. The van der Waals surface area contributed by atoms with Gasteiger partial charge in [-0.3, -0.25) is 9.59 Å². The van der Waals surface area contributed by atoms with E-state index in [1.807, 2.05) is 32.0 Å². The zero-order valence-electron chi connectivity index (χ0n) is 16.1. The number of ether oxygens (including phenoxy) is 2. The molecule has 0 spiro atoms. The first-order chi connectivity index (χ1) is 13.6. The largest absolute Gasteiger partial charge is 0.490 e. The zero-order valence-corrected chi connectivity index (χ0v) is 16.1. The first-order valence-electron chi connectivity index (χ1n) is 10.1. The Morgan fingerprint density at radius 1 is 1.00 bits per heavy atom. The Morgan fingerprint density at radius 2 is 1.61 bits per heavy atom. The van der Waals surface area contributed by atoms with E-state index in [4.69, 9.17) is 9.47 Å². The van der Waals surface area contributed by atoms with E-state index < -0.39 is 0 Å². The Labute approximate surface area is 164 Å². The summed E-state index contributed by atoms with van der Waals surface area (Å²) in [6.07, 6.45) is 7.05. The van der Waals surface area contributed by atoms with Gasteiger partial charge in [0.15, 0.2) is 11.5 Å². The molecule has 3 fully saturated rings. The van der Waals surface area contributed by atoms with Gasteiger partial charge in [-0.2, -0.15) is 10.1 Å². The van der Waals surface area contributed by atoms with Gasteiger partial charge in [-0.05, 0) is 67.7 Å². The Balaban J connectivity index is 1.38. The van der Waals surface area contributed by atoms with Crippen molar-refractivity contribution in [1.82, 2.24) is 5.01 Å². The molecule has 146 valence electrons. The molecule has 4 aliphatic carbocycles. The minimum Gasteiger partial charge on any atom is -0.490 e. The van der Waals surface area contributed by atoms with Crippen LogP contribution in [0.15, 0.2) is 35.5 Å². The van der Waals surface area contributed by atoms with Crippen LogP contribution in [0, 0.1) is 35.5 Å². The molecule has 2 saturated carbocycles. The molecular weight excluding hydrogens is 356 g/mol. The molecule has 1 saturated heterocycles. The number of hydrogen-bond donors (Lipinski definition) is 0. The van der Waals surface area contributed by atoms with Gasteiger partial charge < -0.3 is 9.47 Å². The van der Waals surface area contributed by atoms with Crippen molar-refractivity contribution in [2.75, 3.05) is 13.2 Å². The molecule has 0 N–H and O–H groups in total. The Kier molecular flexibility index (Phi) is 4.03. The highest BCUT2D eigenvalue weighted by Crippen LogP contribution is 2.65. The van der Waals surface area contributed by atoms with Crippen LogP contribution < -0.4 is 9.47 Å². The van der Waals surface area contributed by atoms with Crippen molar-refractivity contribution in [3.05, 3.63) is 35.9 Å². The monoisotopic (exact) mass is 380 g/mol. The number of amides is 2. The zero-order chi connectivity index (χ0) is 19.4. The Hall–Kier alpha value is -2.63. The maximum atomic E-state index is 12.9. The summed E-state index contributed by atoms with van der Waals surface area (Å²) in [5.74, 6) is 2.18. The van der Waals surface area contributed by atoms with Crippen molar-refractivity contribution < 1.29 is 19.1 Å². The lowest BCUT2D eigenvalue weighted by molar-refractivity contribution is -0.140. The predicted octanol–water partition coefficient (Wildman–Crippen LogP) is 2.87. The summed E-state index contributed by atoms with van der Waals surface area (Å²) in [5.41, 5.74) is 0.756. The molecule has 1 aromatic rings. The van der Waals surface area contributed by atoms with Crippen LogP contribution in [0.25, 0.3) is 0 Å². The van der Waals surface area contributed by atoms with Crippen LogP contribution in [0.2, 0.25) is 0 Å². The summed E-state index contributed by atoms with van der Waals surface area (Å²) < 4.78 is 11.2. The maximum Gasteiger partial charge on any atom is 0.254 e. The SMILES string of the molecule is CCOc1ccc(/C=N/N2C(=O)[C@@H]3[C@@H]4C=C[C@H]([C@H]5C[C@H]45)[C@@H]3C2=O)cc1OCC. The summed E-state index contributed by atoms with van der Waals surface area (Å²) in [6, 6.07) is 5.48. The fourth-order valence-corrected chi connectivity index (χ4v) is 5.33. The number of imide groups is 1. The van der Waals surface area contributed by atoms with Crippen molar-refractivity contribution in [1.29, 1.82) is 0 Å². The number of carbonyl (C=O) groups is 2. The normalized spacial score (nSPS) is 34.7. The summed E-state index contributed by atoms with van der Waals surface area (Å²) in [5, 5.41) is 5.38. The average molecular weight is 380 g/mol. The molecule has 0 unspecified atom stereocenters. The molecule has 0 radical (unpaired) electrons. The summed E-state index contributed by atoms with van der Waals surface area (Å²) in [4.78, 5) is 25.9. The smallest absolute Gasteiger partial charge is 0.254 e. The summed E-state index contributed by atoms with van der Waals surface area (Å²) in [6.45, 7) is 4.89. The van der Waals surface area contributed by atoms with Crippen molar-refractivity contribution in [2.45, 2.75) is 20.3 Å². The molecular formula is C22H24N2O4. The molecule has 6 atom stereocenters. The number of carbonyl (C=O) groups excluding carboxylic acids is 2. The second kappa shape index (κ2) is 6.47. The lowest BCUT2D eigenvalue weighted by Crippen LogP contribution is -2.40. The molecule has 2 bridgehead atoms. The molecule has 2 amide bonds. The van der Waals surface area contributed by atoms with E-state index in [1.54, 1.807) is 6.21 Å². The highest BCUT2D eigenvalue weighted by atomic mass is 16.5. The first-order valence-corrected chi connectivity index (χ1v) is 10.1. The van der Waals surface area contributed by atoms with Gasteiger partial charge in [0.25, 0.3) is 11.8 Å². The van der Waals surface area contributed by atoms with Crippen molar-refractivity contribution >= 4 is 18.0 Å². The molecule has 6 rings (SSSR count). The Morgan fingerprint density at radius 3 is 2.21 bits per heavy atom. The van der Waals surface area contributed by atoms with Crippen LogP contribution in [-0.2, 0) is 9.59 Å². The molecule has 6 heteroatoms. The number of hydrazone groups is 1. The second-order valence-electron chi connectivity index (χ2n) is 7.96. The summed E-state index contributed by atoms with van der Waals surface area (Å²) >= 11 is 0. The molecule has 5 aliphatic rings. The molecule has 1 heterocycles. The third kappa shape index (κ3) is 2.50. The van der Waals surface area contributed by atoms with Gasteiger partial charge in [0.2, 0.25) is 0 Å². The first kappa shape index (κ1) is 17.5. The van der Waals surface area contributed by atoms with Gasteiger partial charge in [-0.15, -0.1) is 0 Å². The standard InChI is InChI=1S/C22H24N2O4/c1-3-27-17-8-5-12(9-18(17)28-4-2)11-23-24-21(25)19-13-6-7-14(16-10-15(13)16)20(19)22(24)26/h5-9,11,13-16,19-20H,3-4,10H2,1-2H3/b23-11+/t13-,14-,15-,16-,19-,20+/m1/s1. The van der Waals surface area contributed by atoms with E-state index in [2.05, 4.69) is 17.3 Å².